The molecule has 616 valence electrons. The smallest absolute Gasteiger partial charge is 0.328 e. The van der Waals surface area contributed by atoms with Crippen LogP contribution in [0.1, 0.15) is 93.9 Å². The molecular weight excluding hydrogens is 1520 g/mol. The number of thioether (sulfide) groups is 1. The fraction of sp³-hybridized carbons (Fsp3) is 0.473. The molecule has 39 heteroatoms. The van der Waals surface area contributed by atoms with Crippen molar-refractivity contribution in [2.75, 3.05) is 37.4 Å². The number of carbonyl (C=O) groups is 15. The number of carboxylic acid groups (broad SMARTS) is 2. The van der Waals surface area contributed by atoms with Gasteiger partial charge in [0.05, 0.1) is 31.2 Å². The summed E-state index contributed by atoms with van der Waals surface area (Å²) in [4.78, 5) is 207. The molecule has 1 fully saturated rings. The molecule has 113 heavy (non-hydrogen) atoms. The fourth-order valence-corrected chi connectivity index (χ4v) is 12.6. The largest absolute Gasteiger partial charge is 0.508 e. The lowest BCUT2D eigenvalue weighted by molar-refractivity contribution is -0.145. The number of aliphatic hydroxyl groups excluding tert-OH is 2. The second-order valence-corrected chi connectivity index (χ2v) is 28.4. The summed E-state index contributed by atoms with van der Waals surface area (Å²) in [6.45, 7) is 1.43. The number of primary amides is 1. The number of amides is 13. The van der Waals surface area contributed by atoms with Crippen LogP contribution in [-0.2, 0) is 97.6 Å². The van der Waals surface area contributed by atoms with E-state index in [1.165, 1.54) is 72.4 Å². The Morgan fingerprint density at radius 2 is 0.938 bits per heavy atom. The molecular formula is C74H101N15O22S2. The topological polar surface area (TPSA) is 611 Å². The van der Waals surface area contributed by atoms with E-state index in [0.29, 0.717) is 22.3 Å². The van der Waals surface area contributed by atoms with Crippen molar-refractivity contribution in [3.05, 3.63) is 125 Å². The maximum absolute atomic E-state index is 14.6. The minimum absolute atomic E-state index is 0.00926. The maximum Gasteiger partial charge on any atom is 0.328 e. The van der Waals surface area contributed by atoms with Gasteiger partial charge in [-0.1, -0.05) is 66.7 Å². The Bertz CT molecular complexity index is 3920. The van der Waals surface area contributed by atoms with Gasteiger partial charge in [-0.05, 0) is 142 Å². The molecule has 0 saturated carbocycles. The molecule has 1 heterocycles. The number of aliphatic carboxylic acids is 2. The third-order valence-electron chi connectivity index (χ3n) is 18.0. The molecule has 1 saturated heterocycles. The van der Waals surface area contributed by atoms with E-state index in [1.807, 2.05) is 0 Å². The molecule has 0 spiro atoms. The molecule has 14 atom stereocenters. The van der Waals surface area contributed by atoms with Crippen LogP contribution in [0.15, 0.2) is 103 Å². The maximum atomic E-state index is 14.6. The third kappa shape index (κ3) is 31.2. The Hall–Kier alpha value is -11.1. The Kier molecular flexibility index (Phi) is 38.2. The van der Waals surface area contributed by atoms with E-state index in [2.05, 4.69) is 71.1 Å². The Morgan fingerprint density at radius 3 is 1.44 bits per heavy atom. The normalized spacial score (nSPS) is 15.9. The number of rotatable bonds is 47. The number of nitrogens with zero attached hydrogens (tertiary/aromatic N) is 1. The first kappa shape index (κ1) is 92.5. The number of nitrogens with one attached hydrogen (secondary N) is 11. The monoisotopic (exact) mass is 1620 g/mol. The number of likely N-dealkylation sites (tertiary alicyclic amines) is 1. The van der Waals surface area contributed by atoms with Crippen LogP contribution in [-0.4, -0.2) is 251 Å². The molecule has 1 aliphatic heterocycles. The minimum Gasteiger partial charge on any atom is -0.508 e. The SMILES string of the molecule is CSCC[C@H](NC(=O)[C@@H]1CCCN1C(=O)[C@H](CC(N)=O)NC(=O)[C@H](CS)NC(=O)[C@H](CCCCN)NC(=O)[C@@H](NC(=O)[C@H](CCC(=O)O)NC(=O)[C@H](Cc1ccc(O)cc1)NC(=O)[C@H](Cc1ccccc1)NC(=O)[C@@H](N)Cc1ccc(O)cc1)[C@@H](C)O)C(=O)NCC(=O)N[C@@H](Cc1ccc(O)cc1)C(=O)N[C@H](C(=O)O)[C@@H](C)O. The van der Waals surface area contributed by atoms with E-state index in [0.717, 1.165) is 18.7 Å². The zero-order chi connectivity index (χ0) is 83.6. The second kappa shape index (κ2) is 46.6. The standard InChI is InChI=1S/C74H101N15O22S2/c1-39(90)61(87-66(102)50(26-27-60(97)98)80-67(103)54(35-44-18-24-47(94)25-19-44)84-68(104)53(33-41-10-5-4-6-11-41)83-63(99)48(76)32-42-14-20-45(92)21-15-42)72(108)82-49(12-7-8-29-75)65(101)86-56(38-112)70(106)85-55(36-58(77)95)73(109)89-30-9-13-57(89)71(107)81-51(28-31-113-3)64(100)78-37-59(96)79-52(34-43-16-22-46(93)23-17-43)69(105)88-62(40(2)91)74(110)111/h4-6,10-11,14-25,39-40,48-57,61-62,90-94,112H,7-9,12-13,26-38,75-76H2,1-3H3,(H2,77,95)(H,78,100)(H,79,96)(H,80,103)(H,81,107)(H,82,108)(H,83,99)(H,84,104)(H,85,106)(H,86,101)(H,87,102)(H,88,105)(H,97,98)(H,110,111)/t39-,40-,48+,49+,50+,51+,52+,53+,54+,55+,56+,57+,61+,62+/m1/s1. The van der Waals surface area contributed by atoms with Gasteiger partial charge in [0.1, 0.15) is 77.7 Å². The van der Waals surface area contributed by atoms with Crippen molar-refractivity contribution in [3.63, 3.8) is 0 Å². The number of carboxylic acids is 2. The number of phenolic OH excluding ortho intramolecular Hbond substituents is 3. The molecule has 24 N–H and O–H groups in total. The lowest BCUT2D eigenvalue weighted by Gasteiger charge is -2.30. The highest BCUT2D eigenvalue weighted by Crippen LogP contribution is 2.22. The van der Waals surface area contributed by atoms with E-state index < -0.39 is 205 Å². The summed E-state index contributed by atoms with van der Waals surface area (Å²) in [6.07, 6.45) is -4.18. The predicted molar refractivity (Wildman–Crippen MR) is 412 cm³/mol. The van der Waals surface area contributed by atoms with E-state index in [4.69, 9.17) is 17.2 Å². The molecule has 0 bridgehead atoms. The van der Waals surface area contributed by atoms with Crippen molar-refractivity contribution >= 4 is 113 Å². The molecule has 0 aromatic heterocycles. The number of hydrogen-bond donors (Lipinski definition) is 22. The van der Waals surface area contributed by atoms with Gasteiger partial charge < -0.3 is 116 Å². The lowest BCUT2D eigenvalue weighted by Crippen LogP contribution is -2.62. The summed E-state index contributed by atoms with van der Waals surface area (Å²) in [7, 11) is 0. The van der Waals surface area contributed by atoms with Crippen LogP contribution in [0.4, 0.5) is 0 Å². The molecule has 0 aliphatic carbocycles. The molecule has 4 aromatic carbocycles. The summed E-state index contributed by atoms with van der Waals surface area (Å²) >= 11 is 5.55. The summed E-state index contributed by atoms with van der Waals surface area (Å²) in [5.74, 6) is -16.7. The van der Waals surface area contributed by atoms with Crippen LogP contribution < -0.4 is 75.7 Å². The number of benzene rings is 4. The first-order chi connectivity index (χ1) is 53.6. The van der Waals surface area contributed by atoms with E-state index in [1.54, 1.807) is 48.7 Å². The van der Waals surface area contributed by atoms with Crippen LogP contribution >= 0.6 is 24.4 Å². The zero-order valence-electron chi connectivity index (χ0n) is 62.4. The van der Waals surface area contributed by atoms with E-state index >= 15 is 0 Å². The first-order valence-corrected chi connectivity index (χ1v) is 38.3. The van der Waals surface area contributed by atoms with Crippen molar-refractivity contribution < 1.29 is 108 Å². The summed E-state index contributed by atoms with van der Waals surface area (Å²) in [5, 5.41) is 97.0. The van der Waals surface area contributed by atoms with Crippen molar-refractivity contribution in [1.82, 2.24) is 63.4 Å². The molecule has 1 aliphatic rings. The summed E-state index contributed by atoms with van der Waals surface area (Å²) < 4.78 is 0. The quantitative estimate of drug-likeness (QED) is 0.0147. The summed E-state index contributed by atoms with van der Waals surface area (Å²) in [5.41, 5.74) is 19.6. The van der Waals surface area contributed by atoms with Crippen LogP contribution in [0.3, 0.4) is 0 Å². The number of phenols is 3. The van der Waals surface area contributed by atoms with Gasteiger partial charge in [-0.15, -0.1) is 0 Å². The van der Waals surface area contributed by atoms with Gasteiger partial charge in [-0.3, -0.25) is 67.1 Å². The molecule has 37 nitrogen and oxygen atoms in total. The van der Waals surface area contributed by atoms with Gasteiger partial charge >= 0.3 is 11.9 Å². The Balaban J connectivity index is 1.30. The highest BCUT2D eigenvalue weighted by molar-refractivity contribution is 7.98. The number of nitrogens with two attached hydrogens (primary N) is 3. The number of unbranched alkanes of at least 4 members (excludes halogenated alkanes) is 1. The van der Waals surface area contributed by atoms with Crippen molar-refractivity contribution in [1.29, 1.82) is 0 Å². The molecule has 4 aromatic rings. The van der Waals surface area contributed by atoms with Crippen molar-refractivity contribution in [2.45, 2.75) is 182 Å². The van der Waals surface area contributed by atoms with Crippen LogP contribution in [0.25, 0.3) is 0 Å². The molecule has 0 radical (unpaired) electrons. The molecule has 13 amide bonds. The Morgan fingerprint density at radius 1 is 0.504 bits per heavy atom. The van der Waals surface area contributed by atoms with Gasteiger partial charge in [0.2, 0.25) is 76.8 Å². The average Bonchev–Trinajstić information content (AvgIpc) is 1.74. The average molecular weight is 1620 g/mol. The number of aliphatic hydroxyl groups is 2. The van der Waals surface area contributed by atoms with Crippen molar-refractivity contribution in [2.24, 2.45) is 17.2 Å². The summed E-state index contributed by atoms with van der Waals surface area (Å²) in [6, 6.07) is 6.33. The number of carbonyl (C=O) groups excluding carboxylic acids is 13. The number of thiol groups is 1. The van der Waals surface area contributed by atoms with Crippen LogP contribution in [0.5, 0.6) is 17.2 Å². The number of hydrogen-bond acceptors (Lipinski definition) is 24. The van der Waals surface area contributed by atoms with E-state index in [9.17, 15) is 108 Å². The lowest BCUT2D eigenvalue weighted by atomic mass is 10.0. The van der Waals surface area contributed by atoms with Gasteiger partial charge in [-0.25, -0.2) is 4.79 Å². The highest BCUT2D eigenvalue weighted by Gasteiger charge is 2.42. The second-order valence-electron chi connectivity index (χ2n) is 27.0. The minimum atomic E-state index is -1.97. The zero-order valence-corrected chi connectivity index (χ0v) is 64.1. The third-order valence-corrected chi connectivity index (χ3v) is 19.0. The van der Waals surface area contributed by atoms with Crippen molar-refractivity contribution in [3.8, 4) is 17.2 Å². The predicted octanol–water partition coefficient (Wildman–Crippen LogP) is -4.25. The highest BCUT2D eigenvalue weighted by atomic mass is 32.2. The van der Waals surface area contributed by atoms with Gasteiger partial charge in [-0.2, -0.15) is 24.4 Å². The van der Waals surface area contributed by atoms with Gasteiger partial charge in [0.25, 0.3) is 0 Å². The van der Waals surface area contributed by atoms with Crippen LogP contribution in [0, 0.1) is 0 Å². The number of aromatic hydroxyl groups is 3. The van der Waals surface area contributed by atoms with Crippen LogP contribution in [0.2, 0.25) is 0 Å². The van der Waals surface area contributed by atoms with Gasteiger partial charge in [0.15, 0.2) is 6.04 Å². The van der Waals surface area contributed by atoms with Gasteiger partial charge in [0, 0.05) is 38.0 Å². The molecule has 5 rings (SSSR count). The van der Waals surface area contributed by atoms with E-state index in [-0.39, 0.29) is 100 Å². The fourth-order valence-electron chi connectivity index (χ4n) is 11.8. The first-order valence-electron chi connectivity index (χ1n) is 36.2. The molecule has 0 unspecified atom stereocenters. The Labute approximate surface area is 660 Å².